The number of nitrogens with zero attached hydrogens (tertiary/aromatic N) is 3. The van der Waals surface area contributed by atoms with Gasteiger partial charge in [0.15, 0.2) is 6.04 Å². The lowest BCUT2D eigenvalue weighted by Gasteiger charge is -2.26. The van der Waals surface area contributed by atoms with E-state index in [2.05, 4.69) is 0 Å². The quantitative estimate of drug-likeness (QED) is 0.439. The third-order valence-electron chi connectivity index (χ3n) is 4.14. The van der Waals surface area contributed by atoms with Crippen molar-refractivity contribution in [2.75, 3.05) is 12.5 Å². The van der Waals surface area contributed by atoms with Crippen molar-refractivity contribution < 1.29 is 9.53 Å². The molecule has 0 spiro atoms. The van der Waals surface area contributed by atoms with Gasteiger partial charge in [-0.25, -0.2) is 28.3 Å². The highest BCUT2D eigenvalue weighted by Crippen LogP contribution is 2.26. The fourth-order valence-electron chi connectivity index (χ4n) is 2.99. The van der Waals surface area contributed by atoms with Crippen molar-refractivity contribution in [2.24, 2.45) is 0 Å². The number of rotatable bonds is 5. The van der Waals surface area contributed by atoms with E-state index in [-0.39, 0.29) is 19.0 Å². The predicted octanol–water partition coefficient (Wildman–Crippen LogP) is 1.97. The summed E-state index contributed by atoms with van der Waals surface area (Å²) >= 11 is 11.7. The summed E-state index contributed by atoms with van der Waals surface area (Å²) in [7, 11) is 0. The first-order valence-corrected chi connectivity index (χ1v) is 9.01. The van der Waals surface area contributed by atoms with Crippen LogP contribution in [0.15, 0.2) is 46.0 Å². The first-order chi connectivity index (χ1) is 12.5. The van der Waals surface area contributed by atoms with Crippen LogP contribution in [0.25, 0.3) is 0 Å². The zero-order valence-corrected chi connectivity index (χ0v) is 15.5. The lowest BCUT2D eigenvalue weighted by Crippen LogP contribution is -2.39. The van der Waals surface area contributed by atoms with E-state index in [4.69, 9.17) is 27.9 Å². The van der Waals surface area contributed by atoms with E-state index >= 15 is 0 Å². The van der Waals surface area contributed by atoms with Crippen LogP contribution in [0.5, 0.6) is 0 Å². The number of alkyl halides is 1. The van der Waals surface area contributed by atoms with Crippen LogP contribution in [-0.4, -0.2) is 32.4 Å². The molecule has 0 saturated carbocycles. The summed E-state index contributed by atoms with van der Waals surface area (Å²) in [6.07, 6.45) is 3.28. The molecule has 2 aromatic rings. The van der Waals surface area contributed by atoms with E-state index in [0.717, 1.165) is 14.8 Å². The molecule has 0 fully saturated rings. The Hall–Kier alpha value is -2.25. The number of halogens is 2. The zero-order chi connectivity index (χ0) is 18.8. The largest absolute Gasteiger partial charge is 0.464 e. The van der Waals surface area contributed by atoms with Gasteiger partial charge >= 0.3 is 17.3 Å². The molecule has 0 amide bonds. The van der Waals surface area contributed by atoms with Crippen molar-refractivity contribution in [1.29, 1.82) is 0 Å². The standard InChI is InChI=1S/C17H17Cl2N3O4/c1-2-26-15(23)14-8-7-13(11-3-5-12(19)6-4-11)21-16(24)20(10-9-18)17(25)22(14)21/h3-8,13-14H,2,9-10H2,1H3. The molecular formula is C17H17Cl2N3O4. The monoisotopic (exact) mass is 397 g/mol. The third kappa shape index (κ3) is 3.12. The zero-order valence-electron chi connectivity index (χ0n) is 14.0. The second-order valence-corrected chi connectivity index (χ2v) is 6.49. The van der Waals surface area contributed by atoms with Crippen LogP contribution in [0.1, 0.15) is 24.6 Å². The van der Waals surface area contributed by atoms with Crippen molar-refractivity contribution in [2.45, 2.75) is 25.6 Å². The first kappa shape index (κ1) is 18.5. The molecule has 2 atom stereocenters. The van der Waals surface area contributed by atoms with Crippen molar-refractivity contribution >= 4 is 29.2 Å². The molecule has 2 unspecified atom stereocenters. The number of carbonyl (C=O) groups excluding carboxylic acids is 1. The minimum atomic E-state index is -1.00. The Morgan fingerprint density at radius 1 is 1.12 bits per heavy atom. The molecule has 2 heterocycles. The van der Waals surface area contributed by atoms with Crippen LogP contribution >= 0.6 is 23.2 Å². The van der Waals surface area contributed by atoms with E-state index in [1.807, 2.05) is 0 Å². The van der Waals surface area contributed by atoms with Gasteiger partial charge in [-0.1, -0.05) is 35.9 Å². The molecule has 1 aliphatic rings. The van der Waals surface area contributed by atoms with Gasteiger partial charge in [0, 0.05) is 17.4 Å². The van der Waals surface area contributed by atoms with Gasteiger partial charge in [-0.3, -0.25) is 0 Å². The number of aromatic nitrogens is 3. The number of esters is 1. The maximum Gasteiger partial charge on any atom is 0.348 e. The molecule has 7 nitrogen and oxygen atoms in total. The van der Waals surface area contributed by atoms with Gasteiger partial charge in [0.25, 0.3) is 0 Å². The van der Waals surface area contributed by atoms with Gasteiger partial charge in [-0.2, -0.15) is 0 Å². The number of hydrogen-bond donors (Lipinski definition) is 0. The summed E-state index contributed by atoms with van der Waals surface area (Å²) in [5.41, 5.74) is -0.377. The molecule has 0 bridgehead atoms. The Morgan fingerprint density at radius 2 is 1.77 bits per heavy atom. The average molecular weight is 398 g/mol. The normalized spacial score (nSPS) is 18.6. The summed E-state index contributed by atoms with van der Waals surface area (Å²) in [6.45, 7) is 1.90. The van der Waals surface area contributed by atoms with Gasteiger partial charge in [-0.15, -0.1) is 11.6 Å². The Bertz CT molecular complexity index is 956. The second kappa shape index (κ2) is 7.55. The number of hydrogen-bond acceptors (Lipinski definition) is 4. The number of ether oxygens (including phenoxy) is 1. The van der Waals surface area contributed by atoms with Gasteiger partial charge in [-0.05, 0) is 24.6 Å². The molecule has 0 radical (unpaired) electrons. The number of benzene rings is 1. The smallest absolute Gasteiger partial charge is 0.348 e. The third-order valence-corrected chi connectivity index (χ3v) is 4.56. The highest BCUT2D eigenvalue weighted by atomic mass is 35.5. The lowest BCUT2D eigenvalue weighted by atomic mass is 10.0. The van der Waals surface area contributed by atoms with Crippen molar-refractivity contribution in [1.82, 2.24) is 13.9 Å². The fraction of sp³-hybridized carbons (Fsp3) is 0.353. The second-order valence-electron chi connectivity index (χ2n) is 5.67. The maximum absolute atomic E-state index is 12.8. The van der Waals surface area contributed by atoms with Gasteiger partial charge in [0.1, 0.15) is 0 Å². The molecule has 0 saturated heterocycles. The molecule has 138 valence electrons. The Labute approximate surface area is 159 Å². The van der Waals surface area contributed by atoms with E-state index in [1.54, 1.807) is 43.3 Å². The van der Waals surface area contributed by atoms with Crippen molar-refractivity contribution in [3.05, 3.63) is 68.0 Å². The number of carbonyl (C=O) groups is 1. The van der Waals surface area contributed by atoms with E-state index in [9.17, 15) is 14.4 Å². The summed E-state index contributed by atoms with van der Waals surface area (Å²) in [5, 5.41) is 0.558. The van der Waals surface area contributed by atoms with E-state index in [0.29, 0.717) is 5.02 Å². The van der Waals surface area contributed by atoms with Crippen LogP contribution in [0, 0.1) is 0 Å². The van der Waals surface area contributed by atoms with E-state index in [1.165, 1.54) is 4.68 Å². The topological polar surface area (TPSA) is 75.2 Å². The molecular weight excluding hydrogens is 381 g/mol. The summed E-state index contributed by atoms with van der Waals surface area (Å²) in [5.74, 6) is -0.500. The highest BCUT2D eigenvalue weighted by Gasteiger charge is 2.33. The number of fused-ring (bicyclic) bond motifs is 1. The Kier molecular flexibility index (Phi) is 5.38. The molecule has 0 aliphatic carbocycles. The minimum absolute atomic E-state index is 0.0507. The molecule has 1 aromatic heterocycles. The van der Waals surface area contributed by atoms with Gasteiger partial charge < -0.3 is 4.74 Å². The summed E-state index contributed by atoms with van der Waals surface area (Å²) in [6, 6.07) is 5.38. The van der Waals surface area contributed by atoms with Crippen LogP contribution in [0.4, 0.5) is 0 Å². The van der Waals surface area contributed by atoms with E-state index < -0.39 is 29.4 Å². The molecule has 26 heavy (non-hydrogen) atoms. The number of allylic oxidation sites excluding steroid dienone is 1. The van der Waals surface area contributed by atoms with Crippen LogP contribution in [0.3, 0.4) is 0 Å². The molecule has 1 aliphatic heterocycles. The fourth-order valence-corrected chi connectivity index (χ4v) is 3.28. The maximum atomic E-state index is 12.8. The van der Waals surface area contributed by atoms with Gasteiger partial charge in [0.05, 0.1) is 12.6 Å². The summed E-state index contributed by atoms with van der Waals surface area (Å²) in [4.78, 5) is 37.9. The molecule has 9 heteroatoms. The first-order valence-electron chi connectivity index (χ1n) is 8.09. The Morgan fingerprint density at radius 3 is 2.38 bits per heavy atom. The molecule has 3 rings (SSSR count). The lowest BCUT2D eigenvalue weighted by molar-refractivity contribution is -0.146. The Balaban J connectivity index is 2.20. The molecule has 1 aromatic carbocycles. The highest BCUT2D eigenvalue weighted by molar-refractivity contribution is 6.30. The van der Waals surface area contributed by atoms with Crippen molar-refractivity contribution in [3.8, 4) is 0 Å². The van der Waals surface area contributed by atoms with Gasteiger partial charge in [0.2, 0.25) is 0 Å². The van der Waals surface area contributed by atoms with Crippen LogP contribution < -0.4 is 11.4 Å². The predicted molar refractivity (Wildman–Crippen MR) is 98.1 cm³/mol. The summed E-state index contributed by atoms with van der Waals surface area (Å²) < 4.78 is 8.46. The SMILES string of the molecule is CCOC(=O)C1C=CC(c2ccc(Cl)cc2)n2c(=O)n(CCCl)c(=O)n21. The van der Waals surface area contributed by atoms with Crippen LogP contribution in [-0.2, 0) is 16.1 Å². The minimum Gasteiger partial charge on any atom is -0.464 e. The average Bonchev–Trinajstić information content (AvgIpc) is 2.88. The van der Waals surface area contributed by atoms with Crippen molar-refractivity contribution in [3.63, 3.8) is 0 Å². The van der Waals surface area contributed by atoms with Crippen LogP contribution in [0.2, 0.25) is 5.02 Å². The molecule has 0 N–H and O–H groups in total.